The van der Waals surface area contributed by atoms with Crippen LogP contribution >= 0.6 is 23.4 Å². The van der Waals surface area contributed by atoms with E-state index in [1.165, 1.54) is 11.8 Å². The second-order valence-electron chi connectivity index (χ2n) is 6.12. The van der Waals surface area contributed by atoms with Crippen LogP contribution in [-0.4, -0.2) is 51.6 Å². The van der Waals surface area contributed by atoms with Crippen molar-refractivity contribution in [2.45, 2.75) is 37.1 Å². The van der Waals surface area contributed by atoms with E-state index in [4.69, 9.17) is 16.3 Å². The second-order valence-corrected chi connectivity index (χ2v) is 7.70. The van der Waals surface area contributed by atoms with Crippen molar-refractivity contribution in [3.05, 3.63) is 16.7 Å². The highest BCUT2D eigenvalue weighted by Gasteiger charge is 2.35. The van der Waals surface area contributed by atoms with Crippen LogP contribution in [0.15, 0.2) is 5.16 Å². The van der Waals surface area contributed by atoms with Crippen LogP contribution in [0, 0.1) is 5.82 Å². The van der Waals surface area contributed by atoms with Gasteiger partial charge in [0.25, 0.3) is 0 Å². The molecular weight excluding hydrogens is 367 g/mol. The zero-order valence-corrected chi connectivity index (χ0v) is 15.3. The van der Waals surface area contributed by atoms with Gasteiger partial charge in [0.15, 0.2) is 16.1 Å². The Morgan fingerprint density at radius 3 is 3.04 bits per heavy atom. The standard InChI is InChI=1S/C16H18ClFN4O2S/c1-2-25-16-20-13-10-12(19-14(17)11(13)18)9(23)6-8-7-24-5-3-4-22(8)15(10)21-16/h8-9,23H,2-7H2,1H3/t8?,9-/m0/s1. The van der Waals surface area contributed by atoms with E-state index in [1.54, 1.807) is 0 Å². The molecular formula is C16H18ClFN4O2S. The minimum atomic E-state index is -0.871. The average molecular weight is 385 g/mol. The maximum atomic E-state index is 14.7. The monoisotopic (exact) mass is 384 g/mol. The fourth-order valence-electron chi connectivity index (χ4n) is 3.45. The average Bonchev–Trinajstić information content (AvgIpc) is 2.87. The van der Waals surface area contributed by atoms with Gasteiger partial charge >= 0.3 is 0 Å². The molecule has 0 amide bonds. The minimum Gasteiger partial charge on any atom is -0.387 e. The Balaban J connectivity index is 2.03. The fraction of sp³-hybridized carbons (Fsp3) is 0.562. The predicted octanol–water partition coefficient (Wildman–Crippen LogP) is 2.96. The van der Waals surface area contributed by atoms with Gasteiger partial charge in [0, 0.05) is 19.6 Å². The first kappa shape index (κ1) is 17.2. The van der Waals surface area contributed by atoms with Crippen molar-refractivity contribution >= 4 is 40.1 Å². The van der Waals surface area contributed by atoms with Crippen LogP contribution in [0.4, 0.5) is 10.2 Å². The van der Waals surface area contributed by atoms with Gasteiger partial charge in [-0.2, -0.15) is 0 Å². The van der Waals surface area contributed by atoms with Crippen LogP contribution < -0.4 is 4.90 Å². The molecule has 2 aliphatic heterocycles. The number of hydrogen-bond acceptors (Lipinski definition) is 7. The number of aliphatic hydroxyl groups excluding tert-OH is 1. The summed E-state index contributed by atoms with van der Waals surface area (Å²) in [5.74, 6) is 0.720. The molecule has 2 aromatic rings. The number of ether oxygens (including phenoxy) is 1. The molecule has 1 saturated heterocycles. The quantitative estimate of drug-likeness (QED) is 0.485. The number of rotatable bonds is 2. The van der Waals surface area contributed by atoms with E-state index in [9.17, 15) is 9.50 Å². The largest absolute Gasteiger partial charge is 0.387 e. The molecule has 0 bridgehead atoms. The van der Waals surface area contributed by atoms with Crippen LogP contribution in [-0.2, 0) is 4.74 Å². The Bertz CT molecular complexity index is 825. The highest BCUT2D eigenvalue weighted by Crippen LogP contribution is 2.40. The number of aromatic nitrogens is 3. The molecule has 2 aromatic heterocycles. The Hall–Kier alpha value is -1.22. The second kappa shape index (κ2) is 6.83. The molecule has 25 heavy (non-hydrogen) atoms. The van der Waals surface area contributed by atoms with Gasteiger partial charge < -0.3 is 14.7 Å². The first-order valence-electron chi connectivity index (χ1n) is 8.32. The van der Waals surface area contributed by atoms with E-state index in [0.717, 1.165) is 18.7 Å². The molecule has 2 aliphatic rings. The van der Waals surface area contributed by atoms with Crippen molar-refractivity contribution in [3.63, 3.8) is 0 Å². The number of halogens is 2. The van der Waals surface area contributed by atoms with Crippen molar-refractivity contribution < 1.29 is 14.2 Å². The molecule has 0 aliphatic carbocycles. The van der Waals surface area contributed by atoms with Gasteiger partial charge in [0.2, 0.25) is 0 Å². The lowest BCUT2D eigenvalue weighted by molar-refractivity contribution is 0.104. The van der Waals surface area contributed by atoms with Crippen molar-refractivity contribution in [1.29, 1.82) is 0 Å². The van der Waals surface area contributed by atoms with Gasteiger partial charge in [-0.15, -0.1) is 0 Å². The highest BCUT2D eigenvalue weighted by atomic mass is 35.5. The van der Waals surface area contributed by atoms with Crippen LogP contribution in [0.2, 0.25) is 5.15 Å². The zero-order valence-electron chi connectivity index (χ0n) is 13.7. The van der Waals surface area contributed by atoms with E-state index in [0.29, 0.717) is 41.7 Å². The summed E-state index contributed by atoms with van der Waals surface area (Å²) in [4.78, 5) is 15.2. The minimum absolute atomic E-state index is 0.0499. The molecule has 6 nitrogen and oxygen atoms in total. The molecule has 4 rings (SSSR count). The molecule has 0 aromatic carbocycles. The summed E-state index contributed by atoms with van der Waals surface area (Å²) in [5, 5.41) is 11.4. The molecule has 0 radical (unpaired) electrons. The molecule has 2 atom stereocenters. The number of nitrogens with zero attached hydrogens (tertiary/aromatic N) is 4. The summed E-state index contributed by atoms with van der Waals surface area (Å²) >= 11 is 7.42. The molecule has 134 valence electrons. The fourth-order valence-corrected chi connectivity index (χ4v) is 4.19. The molecule has 1 N–H and O–H groups in total. The van der Waals surface area contributed by atoms with Gasteiger partial charge in [-0.25, -0.2) is 19.3 Å². The highest BCUT2D eigenvalue weighted by molar-refractivity contribution is 7.99. The predicted molar refractivity (Wildman–Crippen MR) is 94.8 cm³/mol. The van der Waals surface area contributed by atoms with E-state index < -0.39 is 11.9 Å². The lowest BCUT2D eigenvalue weighted by atomic mass is 10.1. The van der Waals surface area contributed by atoms with Crippen LogP contribution in [0.25, 0.3) is 10.9 Å². The molecule has 1 unspecified atom stereocenters. The Morgan fingerprint density at radius 2 is 2.24 bits per heavy atom. The summed E-state index contributed by atoms with van der Waals surface area (Å²) in [5.41, 5.74) is 0.471. The molecule has 1 fully saturated rings. The summed E-state index contributed by atoms with van der Waals surface area (Å²) in [6.07, 6.45) is 0.397. The normalized spacial score (nSPS) is 23.3. The van der Waals surface area contributed by atoms with Crippen LogP contribution in [0.1, 0.15) is 31.6 Å². The molecule has 9 heteroatoms. The van der Waals surface area contributed by atoms with Gasteiger partial charge in [-0.1, -0.05) is 30.3 Å². The SMILES string of the molecule is CCSc1nc2c3c(nc(Cl)c(F)c3n1)[C@@H](O)CC1COCCCN21. The lowest BCUT2D eigenvalue weighted by Gasteiger charge is -2.29. The summed E-state index contributed by atoms with van der Waals surface area (Å²) < 4.78 is 20.3. The maximum absolute atomic E-state index is 14.7. The molecule has 4 heterocycles. The number of pyridine rings is 1. The Kier molecular flexibility index (Phi) is 4.70. The first-order chi connectivity index (χ1) is 12.1. The number of hydrogen-bond donors (Lipinski definition) is 1. The third-order valence-electron chi connectivity index (χ3n) is 4.53. The number of fused-ring (bicyclic) bond motifs is 2. The van der Waals surface area contributed by atoms with Gasteiger partial charge in [-0.3, -0.25) is 0 Å². The third kappa shape index (κ3) is 2.95. The number of anilines is 1. The maximum Gasteiger partial charge on any atom is 0.190 e. The van der Waals surface area contributed by atoms with Crippen molar-refractivity contribution in [1.82, 2.24) is 15.0 Å². The van der Waals surface area contributed by atoms with Crippen molar-refractivity contribution in [2.75, 3.05) is 30.4 Å². The van der Waals surface area contributed by atoms with E-state index in [1.807, 2.05) is 6.92 Å². The van der Waals surface area contributed by atoms with Gasteiger partial charge in [-0.05, 0) is 12.2 Å². The Labute approximate surface area is 153 Å². The van der Waals surface area contributed by atoms with Crippen LogP contribution in [0.3, 0.4) is 0 Å². The van der Waals surface area contributed by atoms with Gasteiger partial charge in [0.1, 0.15) is 11.3 Å². The lowest BCUT2D eigenvalue weighted by Crippen LogP contribution is -2.38. The van der Waals surface area contributed by atoms with E-state index >= 15 is 0 Å². The summed E-state index contributed by atoms with van der Waals surface area (Å²) in [6.45, 7) is 3.87. The third-order valence-corrected chi connectivity index (χ3v) is 5.51. The smallest absolute Gasteiger partial charge is 0.190 e. The van der Waals surface area contributed by atoms with Crippen molar-refractivity contribution in [3.8, 4) is 0 Å². The Morgan fingerprint density at radius 1 is 1.40 bits per heavy atom. The summed E-state index contributed by atoms with van der Waals surface area (Å²) in [7, 11) is 0. The van der Waals surface area contributed by atoms with Gasteiger partial charge in [0.05, 0.1) is 29.8 Å². The molecule has 0 spiro atoms. The number of thioether (sulfide) groups is 1. The number of aliphatic hydroxyl groups is 1. The topological polar surface area (TPSA) is 71.4 Å². The summed E-state index contributed by atoms with van der Waals surface area (Å²) in [6, 6.07) is -0.0499. The van der Waals surface area contributed by atoms with E-state index in [-0.39, 0.29) is 16.7 Å². The van der Waals surface area contributed by atoms with E-state index in [2.05, 4.69) is 19.9 Å². The van der Waals surface area contributed by atoms with Crippen molar-refractivity contribution in [2.24, 2.45) is 0 Å². The molecule has 0 saturated carbocycles. The van der Waals surface area contributed by atoms with Crippen LogP contribution in [0.5, 0.6) is 0 Å². The zero-order chi connectivity index (χ0) is 17.6. The first-order valence-corrected chi connectivity index (χ1v) is 9.68.